The maximum atomic E-state index is 13.3. The van der Waals surface area contributed by atoms with E-state index in [0.29, 0.717) is 23.5 Å². The van der Waals surface area contributed by atoms with Gasteiger partial charge in [0.15, 0.2) is 0 Å². The molecule has 1 amide bonds. The van der Waals surface area contributed by atoms with Crippen LogP contribution in [0.15, 0.2) is 35.2 Å². The summed E-state index contributed by atoms with van der Waals surface area (Å²) in [6, 6.07) is 8.10. The molecule has 0 aliphatic carbocycles. The van der Waals surface area contributed by atoms with Crippen LogP contribution in [0, 0.1) is 27.7 Å². The molecule has 0 saturated carbocycles. The SMILES string of the molecule is Cc1cc(C)c(C)c(S(=O)(=O)N2CCN(C(=O)c3ccc(O)cc3)CC2)c1C. The fourth-order valence-electron chi connectivity index (χ4n) is 3.61. The summed E-state index contributed by atoms with van der Waals surface area (Å²) in [5.74, 6) is -0.0533. The monoisotopic (exact) mass is 402 g/mol. The van der Waals surface area contributed by atoms with Crippen LogP contribution in [0.2, 0.25) is 0 Å². The summed E-state index contributed by atoms with van der Waals surface area (Å²) in [5.41, 5.74) is 3.97. The minimum absolute atomic E-state index is 0.103. The van der Waals surface area contributed by atoms with Crippen molar-refractivity contribution in [3.05, 3.63) is 58.1 Å². The zero-order valence-electron chi connectivity index (χ0n) is 16.7. The van der Waals surface area contributed by atoms with E-state index in [2.05, 4.69) is 0 Å². The molecule has 1 aliphatic rings. The zero-order valence-corrected chi connectivity index (χ0v) is 17.5. The Bertz CT molecular complexity index is 979. The summed E-state index contributed by atoms with van der Waals surface area (Å²) in [7, 11) is -3.63. The van der Waals surface area contributed by atoms with Crippen molar-refractivity contribution in [1.82, 2.24) is 9.21 Å². The topological polar surface area (TPSA) is 77.9 Å². The number of phenols is 1. The number of piperazine rings is 1. The zero-order chi connectivity index (χ0) is 20.6. The summed E-state index contributed by atoms with van der Waals surface area (Å²) < 4.78 is 28.1. The fourth-order valence-corrected chi connectivity index (χ4v) is 5.61. The molecule has 0 radical (unpaired) electrons. The maximum absolute atomic E-state index is 13.3. The van der Waals surface area contributed by atoms with Crippen molar-refractivity contribution in [2.75, 3.05) is 26.2 Å². The van der Waals surface area contributed by atoms with Gasteiger partial charge in [-0.3, -0.25) is 4.79 Å². The van der Waals surface area contributed by atoms with Gasteiger partial charge in [0, 0.05) is 31.7 Å². The van der Waals surface area contributed by atoms with E-state index in [1.54, 1.807) is 17.0 Å². The molecule has 6 nitrogen and oxygen atoms in total. The van der Waals surface area contributed by atoms with Crippen LogP contribution in [-0.4, -0.2) is 54.8 Å². The molecule has 0 bridgehead atoms. The average molecular weight is 403 g/mol. The lowest BCUT2D eigenvalue weighted by Crippen LogP contribution is -2.50. The summed E-state index contributed by atoms with van der Waals surface area (Å²) in [5, 5.41) is 9.37. The van der Waals surface area contributed by atoms with Crippen LogP contribution in [0.25, 0.3) is 0 Å². The predicted molar refractivity (Wildman–Crippen MR) is 108 cm³/mol. The van der Waals surface area contributed by atoms with Gasteiger partial charge >= 0.3 is 0 Å². The Balaban J connectivity index is 1.79. The van der Waals surface area contributed by atoms with Gasteiger partial charge < -0.3 is 10.0 Å². The molecular formula is C21H26N2O4S. The quantitative estimate of drug-likeness (QED) is 0.856. The van der Waals surface area contributed by atoms with E-state index in [1.165, 1.54) is 16.4 Å². The second kappa shape index (κ2) is 7.56. The standard InChI is InChI=1S/C21H26N2O4S/c1-14-13-15(2)17(4)20(16(14)3)28(26,27)23-11-9-22(10-12-23)21(25)18-5-7-19(24)8-6-18/h5-8,13,24H,9-12H2,1-4H3. The summed E-state index contributed by atoms with van der Waals surface area (Å²) in [6.45, 7) is 8.74. The number of aromatic hydroxyl groups is 1. The summed E-state index contributed by atoms with van der Waals surface area (Å²) in [6.07, 6.45) is 0. The lowest BCUT2D eigenvalue weighted by Gasteiger charge is -2.34. The van der Waals surface area contributed by atoms with Gasteiger partial charge in [0.2, 0.25) is 10.0 Å². The highest BCUT2D eigenvalue weighted by Gasteiger charge is 2.33. The molecule has 2 aromatic rings. The largest absolute Gasteiger partial charge is 0.508 e. The van der Waals surface area contributed by atoms with Crippen molar-refractivity contribution >= 4 is 15.9 Å². The van der Waals surface area contributed by atoms with Crippen LogP contribution in [-0.2, 0) is 10.0 Å². The third-order valence-electron chi connectivity index (χ3n) is 5.54. The number of rotatable bonds is 3. The van der Waals surface area contributed by atoms with Crippen LogP contribution in [0.5, 0.6) is 5.75 Å². The molecule has 0 aromatic heterocycles. The number of hydrogen-bond acceptors (Lipinski definition) is 4. The molecule has 3 rings (SSSR count). The minimum Gasteiger partial charge on any atom is -0.508 e. The van der Waals surface area contributed by atoms with E-state index in [9.17, 15) is 18.3 Å². The van der Waals surface area contributed by atoms with Crippen molar-refractivity contribution in [2.45, 2.75) is 32.6 Å². The summed E-state index contributed by atoms with van der Waals surface area (Å²) >= 11 is 0. The highest BCUT2D eigenvalue weighted by atomic mass is 32.2. The van der Waals surface area contributed by atoms with E-state index < -0.39 is 10.0 Å². The van der Waals surface area contributed by atoms with Gasteiger partial charge in [-0.15, -0.1) is 0 Å². The number of hydrogen-bond donors (Lipinski definition) is 1. The Labute approximate surface area is 166 Å². The van der Waals surface area contributed by atoms with E-state index in [-0.39, 0.29) is 24.7 Å². The smallest absolute Gasteiger partial charge is 0.253 e. The fraction of sp³-hybridized carbons (Fsp3) is 0.381. The van der Waals surface area contributed by atoms with Crippen molar-refractivity contribution in [3.63, 3.8) is 0 Å². The first-order valence-electron chi connectivity index (χ1n) is 9.28. The van der Waals surface area contributed by atoms with Gasteiger partial charge in [0.1, 0.15) is 5.75 Å². The van der Waals surface area contributed by atoms with Gasteiger partial charge in [0.05, 0.1) is 4.90 Å². The van der Waals surface area contributed by atoms with Gasteiger partial charge in [0.25, 0.3) is 5.91 Å². The molecule has 1 aliphatic heterocycles. The van der Waals surface area contributed by atoms with Crippen molar-refractivity contribution in [1.29, 1.82) is 0 Å². The molecule has 0 atom stereocenters. The van der Waals surface area contributed by atoms with Crippen LogP contribution in [0.4, 0.5) is 0 Å². The number of amides is 1. The number of nitrogens with zero attached hydrogens (tertiary/aromatic N) is 2. The Morgan fingerprint density at radius 3 is 1.89 bits per heavy atom. The van der Waals surface area contributed by atoms with Crippen LogP contribution < -0.4 is 0 Å². The normalized spacial score (nSPS) is 15.6. The van der Waals surface area contributed by atoms with E-state index in [0.717, 1.165) is 22.3 Å². The van der Waals surface area contributed by atoms with Crippen LogP contribution >= 0.6 is 0 Å². The third kappa shape index (κ3) is 3.64. The molecule has 28 heavy (non-hydrogen) atoms. The predicted octanol–water partition coefficient (Wildman–Crippen LogP) is 2.77. The number of carbonyl (C=O) groups excluding carboxylic acids is 1. The van der Waals surface area contributed by atoms with Crippen LogP contribution in [0.1, 0.15) is 32.6 Å². The van der Waals surface area contributed by atoms with E-state index >= 15 is 0 Å². The Morgan fingerprint density at radius 1 is 0.893 bits per heavy atom. The number of sulfonamides is 1. The Morgan fingerprint density at radius 2 is 1.39 bits per heavy atom. The molecule has 2 aromatic carbocycles. The Kier molecular flexibility index (Phi) is 5.50. The van der Waals surface area contributed by atoms with Gasteiger partial charge in [-0.2, -0.15) is 4.31 Å². The second-order valence-electron chi connectivity index (χ2n) is 7.33. The van der Waals surface area contributed by atoms with Gasteiger partial charge in [-0.05, 0) is 74.2 Å². The lowest BCUT2D eigenvalue weighted by atomic mass is 10.0. The number of benzene rings is 2. The van der Waals surface area contributed by atoms with E-state index in [4.69, 9.17) is 0 Å². The van der Waals surface area contributed by atoms with Crippen molar-refractivity contribution < 1.29 is 18.3 Å². The molecule has 150 valence electrons. The van der Waals surface area contributed by atoms with Crippen molar-refractivity contribution in [2.24, 2.45) is 0 Å². The molecule has 0 unspecified atom stereocenters. The molecule has 1 heterocycles. The first-order valence-corrected chi connectivity index (χ1v) is 10.7. The highest BCUT2D eigenvalue weighted by Crippen LogP contribution is 2.29. The third-order valence-corrected chi connectivity index (χ3v) is 7.71. The van der Waals surface area contributed by atoms with E-state index in [1.807, 2.05) is 33.8 Å². The first-order chi connectivity index (χ1) is 13.1. The minimum atomic E-state index is -3.63. The van der Waals surface area contributed by atoms with Gasteiger partial charge in [-0.25, -0.2) is 8.42 Å². The molecule has 1 N–H and O–H groups in total. The summed E-state index contributed by atoms with van der Waals surface area (Å²) in [4.78, 5) is 14.7. The van der Waals surface area contributed by atoms with Crippen molar-refractivity contribution in [3.8, 4) is 5.75 Å². The molecule has 0 spiro atoms. The number of phenolic OH excluding ortho intramolecular Hbond substituents is 1. The second-order valence-corrected chi connectivity index (χ2v) is 9.21. The Hall–Kier alpha value is -2.38. The molecule has 1 fully saturated rings. The number of aryl methyl sites for hydroxylation is 2. The molecule has 7 heteroatoms. The van der Waals surface area contributed by atoms with Gasteiger partial charge in [-0.1, -0.05) is 6.07 Å². The first kappa shape index (κ1) is 20.4. The molecular weight excluding hydrogens is 376 g/mol. The van der Waals surface area contributed by atoms with Crippen LogP contribution in [0.3, 0.4) is 0 Å². The molecule has 1 saturated heterocycles. The average Bonchev–Trinajstić information content (AvgIpc) is 2.66. The number of carbonyl (C=O) groups is 1. The lowest BCUT2D eigenvalue weighted by molar-refractivity contribution is 0.0698. The highest BCUT2D eigenvalue weighted by molar-refractivity contribution is 7.89. The maximum Gasteiger partial charge on any atom is 0.253 e.